The second-order valence-corrected chi connectivity index (χ2v) is 9.35. The van der Waals surface area contributed by atoms with Gasteiger partial charge in [-0.1, -0.05) is 0 Å². The maximum Gasteiger partial charge on any atom is 0.251 e. The van der Waals surface area contributed by atoms with Gasteiger partial charge in [0.25, 0.3) is 10.0 Å². The lowest BCUT2D eigenvalue weighted by molar-refractivity contribution is 0.562. The summed E-state index contributed by atoms with van der Waals surface area (Å²) in [6.07, 6.45) is 0.709. The van der Waals surface area contributed by atoms with E-state index in [1.807, 2.05) is 19.9 Å². The van der Waals surface area contributed by atoms with E-state index in [4.69, 9.17) is 0 Å². The number of thiophene rings is 2. The Hall–Kier alpha value is -0.210. The molecule has 0 aliphatic carbocycles. The van der Waals surface area contributed by atoms with Crippen LogP contribution in [0.5, 0.6) is 0 Å². The van der Waals surface area contributed by atoms with E-state index >= 15 is 0 Å². The Morgan fingerprint density at radius 2 is 2.11 bits per heavy atom. The molecule has 0 spiro atoms. The summed E-state index contributed by atoms with van der Waals surface area (Å²) < 4.78 is 28.1. The van der Waals surface area contributed by atoms with Crippen LogP contribution in [-0.2, 0) is 16.4 Å². The minimum Gasteiger partial charge on any atom is -0.207 e. The van der Waals surface area contributed by atoms with Crippen molar-refractivity contribution < 1.29 is 8.42 Å². The van der Waals surface area contributed by atoms with E-state index in [9.17, 15) is 8.42 Å². The SMILES string of the molecule is Cc1ccc(CC(C)NS(=O)(=O)c2sccc2Br)s1. The van der Waals surface area contributed by atoms with Crippen LogP contribution in [0, 0.1) is 6.92 Å². The average molecular weight is 380 g/mol. The molecule has 0 bridgehead atoms. The number of aryl methyl sites for hydroxylation is 1. The molecule has 2 aromatic heterocycles. The minimum atomic E-state index is -3.43. The van der Waals surface area contributed by atoms with Crippen molar-refractivity contribution in [2.45, 2.75) is 30.5 Å². The molecule has 0 aliphatic rings. The molecule has 7 heteroatoms. The van der Waals surface area contributed by atoms with Crippen LogP contribution < -0.4 is 4.72 Å². The molecule has 19 heavy (non-hydrogen) atoms. The first kappa shape index (κ1) is 15.2. The number of rotatable bonds is 5. The Labute approximate surface area is 129 Å². The van der Waals surface area contributed by atoms with Crippen LogP contribution in [0.1, 0.15) is 16.7 Å². The third-order valence-electron chi connectivity index (χ3n) is 2.49. The summed E-state index contributed by atoms with van der Waals surface area (Å²) in [7, 11) is -3.43. The summed E-state index contributed by atoms with van der Waals surface area (Å²) in [5.74, 6) is 0. The van der Waals surface area contributed by atoms with Gasteiger partial charge >= 0.3 is 0 Å². The van der Waals surface area contributed by atoms with Crippen molar-refractivity contribution in [2.75, 3.05) is 0 Å². The van der Waals surface area contributed by atoms with Crippen LogP contribution in [-0.4, -0.2) is 14.5 Å². The number of hydrogen-bond donors (Lipinski definition) is 1. The van der Waals surface area contributed by atoms with Crippen molar-refractivity contribution in [1.29, 1.82) is 0 Å². The largest absolute Gasteiger partial charge is 0.251 e. The van der Waals surface area contributed by atoms with Gasteiger partial charge < -0.3 is 0 Å². The van der Waals surface area contributed by atoms with Gasteiger partial charge in [0.05, 0.1) is 0 Å². The van der Waals surface area contributed by atoms with Gasteiger partial charge in [0.2, 0.25) is 0 Å². The van der Waals surface area contributed by atoms with Crippen molar-refractivity contribution >= 4 is 48.6 Å². The normalized spacial score (nSPS) is 13.6. The van der Waals surface area contributed by atoms with Gasteiger partial charge in [-0.15, -0.1) is 22.7 Å². The summed E-state index contributed by atoms with van der Waals surface area (Å²) >= 11 is 6.17. The standard InChI is InChI=1S/C12H14BrNO2S3/c1-8(7-10-4-3-9(2)18-10)14-19(15,16)12-11(13)5-6-17-12/h3-6,8,14H,7H2,1-2H3. The summed E-state index contributed by atoms with van der Waals surface area (Å²) in [5, 5.41) is 1.76. The molecule has 0 amide bonds. The highest BCUT2D eigenvalue weighted by Gasteiger charge is 2.21. The molecule has 0 aromatic carbocycles. The van der Waals surface area contributed by atoms with E-state index in [-0.39, 0.29) is 6.04 Å². The first-order chi connectivity index (χ1) is 8.88. The smallest absolute Gasteiger partial charge is 0.207 e. The number of sulfonamides is 1. The molecule has 1 N–H and O–H groups in total. The van der Waals surface area contributed by atoms with Gasteiger partial charge in [-0.05, 0) is 59.8 Å². The summed E-state index contributed by atoms with van der Waals surface area (Å²) in [5.41, 5.74) is 0. The molecule has 0 fully saturated rings. The Morgan fingerprint density at radius 1 is 1.37 bits per heavy atom. The van der Waals surface area contributed by atoms with Crippen molar-refractivity contribution in [3.8, 4) is 0 Å². The van der Waals surface area contributed by atoms with Crippen LogP contribution in [0.3, 0.4) is 0 Å². The fourth-order valence-electron chi connectivity index (χ4n) is 1.73. The molecular formula is C12H14BrNO2S3. The predicted molar refractivity (Wildman–Crippen MR) is 84.6 cm³/mol. The van der Waals surface area contributed by atoms with Gasteiger partial charge in [-0.25, -0.2) is 13.1 Å². The van der Waals surface area contributed by atoms with Gasteiger partial charge in [0.1, 0.15) is 4.21 Å². The zero-order valence-electron chi connectivity index (χ0n) is 10.5. The molecule has 2 aromatic rings. The van der Waals surface area contributed by atoms with Gasteiger partial charge in [0, 0.05) is 20.3 Å². The highest BCUT2D eigenvalue weighted by atomic mass is 79.9. The second kappa shape index (κ2) is 6.05. The first-order valence-electron chi connectivity index (χ1n) is 5.69. The van der Waals surface area contributed by atoms with E-state index in [1.54, 1.807) is 22.8 Å². The molecule has 3 nitrogen and oxygen atoms in total. The van der Waals surface area contributed by atoms with Crippen LogP contribution in [0.2, 0.25) is 0 Å². The molecule has 0 saturated heterocycles. The number of hydrogen-bond acceptors (Lipinski definition) is 4. The Bertz CT molecular complexity index is 660. The average Bonchev–Trinajstić information content (AvgIpc) is 2.87. The van der Waals surface area contributed by atoms with E-state index < -0.39 is 10.0 Å². The molecule has 1 atom stereocenters. The van der Waals surface area contributed by atoms with E-state index in [0.29, 0.717) is 15.1 Å². The minimum absolute atomic E-state index is 0.128. The van der Waals surface area contributed by atoms with Crippen molar-refractivity contribution in [2.24, 2.45) is 0 Å². The molecule has 1 unspecified atom stereocenters. The monoisotopic (exact) mass is 379 g/mol. The second-order valence-electron chi connectivity index (χ2n) is 4.29. The zero-order chi connectivity index (χ0) is 14.0. The Morgan fingerprint density at radius 3 is 2.63 bits per heavy atom. The van der Waals surface area contributed by atoms with Crippen molar-refractivity contribution in [3.05, 3.63) is 37.8 Å². The fraction of sp³-hybridized carbons (Fsp3) is 0.333. The molecule has 2 rings (SSSR count). The summed E-state index contributed by atoms with van der Waals surface area (Å²) in [4.78, 5) is 2.43. The summed E-state index contributed by atoms with van der Waals surface area (Å²) in [6.45, 7) is 3.93. The molecule has 0 saturated carbocycles. The highest BCUT2D eigenvalue weighted by Crippen LogP contribution is 2.27. The maximum atomic E-state index is 12.2. The van der Waals surface area contributed by atoms with Gasteiger partial charge in [0.15, 0.2) is 0 Å². The quantitative estimate of drug-likeness (QED) is 0.858. The zero-order valence-corrected chi connectivity index (χ0v) is 14.5. The summed E-state index contributed by atoms with van der Waals surface area (Å²) in [6, 6.07) is 5.71. The predicted octanol–water partition coefficient (Wildman–Crippen LogP) is 3.79. The molecular weight excluding hydrogens is 366 g/mol. The van der Waals surface area contributed by atoms with Crippen LogP contribution in [0.15, 0.2) is 32.3 Å². The Kier molecular flexibility index (Phi) is 4.84. The van der Waals surface area contributed by atoms with Gasteiger partial charge in [-0.2, -0.15) is 0 Å². The van der Waals surface area contributed by atoms with Crippen molar-refractivity contribution in [3.63, 3.8) is 0 Å². The topological polar surface area (TPSA) is 46.2 Å². The fourth-order valence-corrected chi connectivity index (χ4v) is 6.35. The van der Waals surface area contributed by atoms with Crippen LogP contribution >= 0.6 is 38.6 Å². The van der Waals surface area contributed by atoms with E-state index in [2.05, 4.69) is 26.7 Å². The number of nitrogens with one attached hydrogen (secondary N) is 1. The van der Waals surface area contributed by atoms with Crippen LogP contribution in [0.25, 0.3) is 0 Å². The third-order valence-corrected chi connectivity index (χ3v) is 7.77. The first-order valence-corrected chi connectivity index (χ1v) is 9.66. The van der Waals surface area contributed by atoms with E-state index in [1.165, 1.54) is 21.1 Å². The lowest BCUT2D eigenvalue weighted by Gasteiger charge is -2.12. The third kappa shape index (κ3) is 3.88. The van der Waals surface area contributed by atoms with Gasteiger partial charge in [-0.3, -0.25) is 0 Å². The Balaban J connectivity index is 2.06. The maximum absolute atomic E-state index is 12.2. The van der Waals surface area contributed by atoms with Crippen molar-refractivity contribution in [1.82, 2.24) is 4.72 Å². The number of halogens is 1. The van der Waals surface area contributed by atoms with Crippen LogP contribution in [0.4, 0.5) is 0 Å². The highest BCUT2D eigenvalue weighted by molar-refractivity contribution is 9.10. The lowest BCUT2D eigenvalue weighted by atomic mass is 10.2. The van der Waals surface area contributed by atoms with E-state index in [0.717, 1.165) is 0 Å². The molecule has 104 valence electrons. The lowest BCUT2D eigenvalue weighted by Crippen LogP contribution is -2.33. The molecule has 0 aliphatic heterocycles. The molecule has 0 radical (unpaired) electrons. The molecule has 2 heterocycles.